The van der Waals surface area contributed by atoms with Crippen molar-refractivity contribution in [2.75, 3.05) is 12.3 Å². The van der Waals surface area contributed by atoms with Gasteiger partial charge in [0.1, 0.15) is 6.04 Å². The molecule has 1 amide bonds. The van der Waals surface area contributed by atoms with E-state index in [0.29, 0.717) is 23.1 Å². The van der Waals surface area contributed by atoms with Crippen molar-refractivity contribution in [2.45, 2.75) is 30.2 Å². The van der Waals surface area contributed by atoms with Crippen LogP contribution in [0.3, 0.4) is 0 Å². The molecular formula is C12H16BrN3O3S. The molecule has 0 spiro atoms. The van der Waals surface area contributed by atoms with Crippen LogP contribution < -0.4 is 11.5 Å². The molecule has 0 radical (unpaired) electrons. The van der Waals surface area contributed by atoms with Crippen LogP contribution in [-0.4, -0.2) is 31.2 Å². The molecule has 1 atom stereocenters. The number of sulfonamides is 1. The van der Waals surface area contributed by atoms with Gasteiger partial charge in [0.05, 0.1) is 4.90 Å². The number of carbonyl (C=O) groups is 1. The lowest BCUT2D eigenvalue weighted by Crippen LogP contribution is -2.50. The molecule has 0 aliphatic carbocycles. The van der Waals surface area contributed by atoms with Gasteiger partial charge in [-0.2, -0.15) is 4.31 Å². The Labute approximate surface area is 126 Å². The van der Waals surface area contributed by atoms with Crippen molar-refractivity contribution in [3.63, 3.8) is 0 Å². The van der Waals surface area contributed by atoms with Crippen molar-refractivity contribution < 1.29 is 13.2 Å². The van der Waals surface area contributed by atoms with Crippen LogP contribution in [0.5, 0.6) is 0 Å². The minimum absolute atomic E-state index is 0.0753. The third-order valence-electron chi connectivity index (χ3n) is 3.36. The van der Waals surface area contributed by atoms with Crippen molar-refractivity contribution in [1.82, 2.24) is 4.31 Å². The van der Waals surface area contributed by atoms with E-state index in [4.69, 9.17) is 11.5 Å². The maximum Gasteiger partial charge on any atom is 0.243 e. The Kier molecular flexibility index (Phi) is 4.36. The van der Waals surface area contributed by atoms with Crippen LogP contribution in [0.4, 0.5) is 5.69 Å². The number of hydrogen-bond donors (Lipinski definition) is 2. The lowest BCUT2D eigenvalue weighted by molar-refractivity contribution is -0.122. The van der Waals surface area contributed by atoms with Gasteiger partial charge in [-0.05, 0) is 47.0 Å². The van der Waals surface area contributed by atoms with Crippen LogP contribution in [0.25, 0.3) is 0 Å². The molecule has 1 saturated heterocycles. The Morgan fingerprint density at radius 3 is 2.65 bits per heavy atom. The molecule has 20 heavy (non-hydrogen) atoms. The highest BCUT2D eigenvalue weighted by molar-refractivity contribution is 9.10. The number of nitrogen functional groups attached to an aromatic ring is 1. The maximum absolute atomic E-state index is 12.6. The molecule has 1 aromatic rings. The van der Waals surface area contributed by atoms with Crippen molar-refractivity contribution in [1.29, 1.82) is 0 Å². The minimum atomic E-state index is -3.76. The first-order valence-corrected chi connectivity index (χ1v) is 8.43. The van der Waals surface area contributed by atoms with Crippen molar-refractivity contribution >= 4 is 37.5 Å². The highest BCUT2D eigenvalue weighted by Gasteiger charge is 2.36. The van der Waals surface area contributed by atoms with E-state index in [9.17, 15) is 13.2 Å². The van der Waals surface area contributed by atoms with Crippen LogP contribution in [0.15, 0.2) is 27.6 Å². The second-order valence-corrected chi connectivity index (χ2v) is 7.46. The fourth-order valence-corrected chi connectivity index (χ4v) is 4.24. The average molecular weight is 362 g/mol. The first kappa shape index (κ1) is 15.3. The molecular weight excluding hydrogens is 346 g/mol. The number of anilines is 1. The Bertz CT molecular complexity index is 633. The zero-order chi connectivity index (χ0) is 14.9. The summed E-state index contributed by atoms with van der Waals surface area (Å²) >= 11 is 3.22. The summed E-state index contributed by atoms with van der Waals surface area (Å²) in [7, 11) is -3.76. The number of hydrogen-bond acceptors (Lipinski definition) is 4. The molecule has 6 nitrogen and oxygen atoms in total. The van der Waals surface area contributed by atoms with Crippen LogP contribution in [0, 0.1) is 0 Å². The van der Waals surface area contributed by atoms with E-state index in [2.05, 4.69) is 15.9 Å². The lowest BCUT2D eigenvalue weighted by atomic mass is 10.0. The van der Waals surface area contributed by atoms with Crippen LogP contribution >= 0.6 is 15.9 Å². The van der Waals surface area contributed by atoms with E-state index in [1.165, 1.54) is 16.4 Å². The number of piperidine rings is 1. The molecule has 1 heterocycles. The van der Waals surface area contributed by atoms with Gasteiger partial charge in [-0.15, -0.1) is 0 Å². The van der Waals surface area contributed by atoms with Gasteiger partial charge in [-0.25, -0.2) is 8.42 Å². The molecule has 1 aromatic carbocycles. The molecule has 1 unspecified atom stereocenters. The molecule has 0 bridgehead atoms. The normalized spacial score (nSPS) is 20.8. The Morgan fingerprint density at radius 2 is 2.05 bits per heavy atom. The topological polar surface area (TPSA) is 106 Å². The molecule has 2 rings (SSSR count). The van der Waals surface area contributed by atoms with Crippen molar-refractivity contribution in [3.05, 3.63) is 22.7 Å². The summed E-state index contributed by atoms with van der Waals surface area (Å²) in [6.45, 7) is 0.298. The number of rotatable bonds is 3. The summed E-state index contributed by atoms with van der Waals surface area (Å²) in [6, 6.07) is 3.64. The van der Waals surface area contributed by atoms with Crippen LogP contribution in [-0.2, 0) is 14.8 Å². The van der Waals surface area contributed by atoms with Gasteiger partial charge in [-0.1, -0.05) is 6.42 Å². The van der Waals surface area contributed by atoms with Crippen molar-refractivity contribution in [3.8, 4) is 0 Å². The van der Waals surface area contributed by atoms with Crippen molar-refractivity contribution in [2.24, 2.45) is 5.73 Å². The SMILES string of the molecule is NC(=O)C1CCCCN1S(=O)(=O)c1ccc(Br)c(N)c1. The van der Waals surface area contributed by atoms with E-state index in [0.717, 1.165) is 12.8 Å². The predicted octanol–water partition coefficient (Wildman–Crippen LogP) is 1.06. The number of halogens is 1. The predicted molar refractivity (Wildman–Crippen MR) is 79.3 cm³/mol. The number of nitrogens with zero attached hydrogens (tertiary/aromatic N) is 1. The third-order valence-corrected chi connectivity index (χ3v) is 5.98. The fourth-order valence-electron chi connectivity index (χ4n) is 2.29. The largest absolute Gasteiger partial charge is 0.398 e. The average Bonchev–Trinajstić information content (AvgIpc) is 2.41. The van der Waals surface area contributed by atoms with Crippen LogP contribution in [0.1, 0.15) is 19.3 Å². The molecule has 110 valence electrons. The second kappa shape index (κ2) is 5.71. The van der Waals surface area contributed by atoms with E-state index in [1.807, 2.05) is 0 Å². The van der Waals surface area contributed by atoms with E-state index >= 15 is 0 Å². The van der Waals surface area contributed by atoms with Gasteiger partial charge >= 0.3 is 0 Å². The number of benzene rings is 1. The van der Waals surface area contributed by atoms with Gasteiger partial charge < -0.3 is 11.5 Å². The molecule has 0 saturated carbocycles. The minimum Gasteiger partial charge on any atom is -0.398 e. The molecule has 1 aliphatic rings. The fraction of sp³-hybridized carbons (Fsp3) is 0.417. The van der Waals surface area contributed by atoms with Gasteiger partial charge in [-0.3, -0.25) is 4.79 Å². The standard InChI is InChI=1S/C12H16BrN3O3S/c13-9-5-4-8(7-10(9)14)20(18,19)16-6-2-1-3-11(16)12(15)17/h4-5,7,11H,1-3,6,14H2,(H2,15,17). The maximum atomic E-state index is 12.6. The van der Waals surface area contributed by atoms with E-state index in [-0.39, 0.29) is 4.90 Å². The first-order valence-electron chi connectivity index (χ1n) is 6.20. The Hall–Kier alpha value is -1.12. The smallest absolute Gasteiger partial charge is 0.243 e. The van der Waals surface area contributed by atoms with Gasteiger partial charge in [0, 0.05) is 16.7 Å². The monoisotopic (exact) mass is 361 g/mol. The number of primary amides is 1. The summed E-state index contributed by atoms with van der Waals surface area (Å²) < 4.78 is 27.0. The van der Waals surface area contributed by atoms with Gasteiger partial charge in [0.2, 0.25) is 15.9 Å². The lowest BCUT2D eigenvalue weighted by Gasteiger charge is -2.32. The summed E-state index contributed by atoms with van der Waals surface area (Å²) in [5, 5.41) is 0. The quantitative estimate of drug-likeness (QED) is 0.784. The number of carbonyl (C=O) groups excluding carboxylic acids is 1. The molecule has 0 aromatic heterocycles. The van der Waals surface area contributed by atoms with Crippen LogP contribution in [0.2, 0.25) is 0 Å². The molecule has 1 fully saturated rings. The summed E-state index contributed by atoms with van der Waals surface area (Å²) in [4.78, 5) is 11.5. The Morgan fingerprint density at radius 1 is 1.35 bits per heavy atom. The number of nitrogens with two attached hydrogens (primary N) is 2. The van der Waals surface area contributed by atoms with Gasteiger partial charge in [0.25, 0.3) is 0 Å². The zero-order valence-electron chi connectivity index (χ0n) is 10.8. The Balaban J connectivity index is 2.42. The summed E-state index contributed by atoms with van der Waals surface area (Å²) in [5.41, 5.74) is 11.4. The molecule has 4 N–H and O–H groups in total. The highest BCUT2D eigenvalue weighted by atomic mass is 79.9. The first-order chi connectivity index (χ1) is 9.34. The molecule has 1 aliphatic heterocycles. The highest BCUT2D eigenvalue weighted by Crippen LogP contribution is 2.28. The third kappa shape index (κ3) is 2.82. The number of amides is 1. The van der Waals surface area contributed by atoms with E-state index in [1.54, 1.807) is 6.07 Å². The molecule has 8 heteroatoms. The van der Waals surface area contributed by atoms with Gasteiger partial charge in [0.15, 0.2) is 0 Å². The second-order valence-electron chi connectivity index (χ2n) is 4.71. The van der Waals surface area contributed by atoms with E-state index < -0.39 is 22.0 Å². The summed E-state index contributed by atoms with van der Waals surface area (Å²) in [6.07, 6.45) is 1.97. The summed E-state index contributed by atoms with van der Waals surface area (Å²) in [5.74, 6) is -0.613. The zero-order valence-corrected chi connectivity index (χ0v) is 13.2.